The van der Waals surface area contributed by atoms with Gasteiger partial charge in [0, 0.05) is 49.7 Å². The molecule has 7 heteroatoms. The Morgan fingerprint density at radius 3 is 2.66 bits per heavy atom. The van der Waals surface area contributed by atoms with Crippen LogP contribution in [0.3, 0.4) is 0 Å². The van der Waals surface area contributed by atoms with Crippen molar-refractivity contribution in [1.29, 1.82) is 0 Å². The number of nitrogens with zero attached hydrogens (tertiary/aromatic N) is 3. The summed E-state index contributed by atoms with van der Waals surface area (Å²) in [4.78, 5) is 28.1. The number of piperazine rings is 1. The summed E-state index contributed by atoms with van der Waals surface area (Å²) in [5, 5.41) is 9.11. The number of aliphatic hydroxyl groups excluding tert-OH is 1. The van der Waals surface area contributed by atoms with Crippen LogP contribution in [0, 0.1) is 0 Å². The van der Waals surface area contributed by atoms with Crippen LogP contribution >= 0.6 is 0 Å². The lowest BCUT2D eigenvalue weighted by Crippen LogP contribution is -2.47. The number of imidazole rings is 1. The molecule has 2 aromatic rings. The lowest BCUT2D eigenvalue weighted by molar-refractivity contribution is 0.189. The number of benzene rings is 1. The monoisotopic (exact) mass is 389 g/mol. The molecule has 1 aliphatic carbocycles. The van der Waals surface area contributed by atoms with Crippen molar-refractivity contribution in [3.8, 4) is 22.6 Å². The van der Waals surface area contributed by atoms with Crippen molar-refractivity contribution in [3.05, 3.63) is 58.9 Å². The Balaban J connectivity index is 1.47. The number of β-amino-alcohol motifs (C(OH)–C–C–N with tert-alkyl or cyclic N) is 1. The molecule has 1 fully saturated rings. The normalized spacial score (nSPS) is 15.4. The first-order valence-corrected chi connectivity index (χ1v) is 9.92. The van der Waals surface area contributed by atoms with Crippen molar-refractivity contribution in [2.75, 3.05) is 44.2 Å². The largest absolute Gasteiger partial charge is 0.395 e. The zero-order chi connectivity index (χ0) is 19.8. The molecule has 0 amide bonds. The quantitative estimate of drug-likeness (QED) is 0.498. The summed E-state index contributed by atoms with van der Waals surface area (Å²) in [7, 11) is 0. The number of aromatic amines is 2. The summed E-state index contributed by atoms with van der Waals surface area (Å²) in [5.41, 5.74) is 5.01. The zero-order valence-corrected chi connectivity index (χ0v) is 16.1. The van der Waals surface area contributed by atoms with Gasteiger partial charge in [-0.3, -0.25) is 9.69 Å². The third-order valence-corrected chi connectivity index (χ3v) is 5.64. The van der Waals surface area contributed by atoms with Crippen LogP contribution in [-0.2, 0) is 0 Å². The number of hydrogen-bond acceptors (Lipinski definition) is 5. The third-order valence-electron chi connectivity index (χ3n) is 5.64. The first-order valence-electron chi connectivity index (χ1n) is 9.92. The van der Waals surface area contributed by atoms with E-state index in [0.29, 0.717) is 11.4 Å². The van der Waals surface area contributed by atoms with E-state index in [1.807, 2.05) is 36.4 Å². The number of rotatable bonds is 4. The molecular formula is C22H23N5O2. The van der Waals surface area contributed by atoms with Gasteiger partial charge in [-0.2, -0.15) is 0 Å². The van der Waals surface area contributed by atoms with Gasteiger partial charge in [0.2, 0.25) is 0 Å². The number of hydrogen-bond donors (Lipinski definition) is 3. The van der Waals surface area contributed by atoms with Gasteiger partial charge in [0.05, 0.1) is 23.2 Å². The Morgan fingerprint density at radius 2 is 1.83 bits per heavy atom. The Bertz CT molecular complexity index is 1170. The van der Waals surface area contributed by atoms with Crippen molar-refractivity contribution in [2.24, 2.45) is 0 Å². The van der Waals surface area contributed by atoms with Gasteiger partial charge in [-0.15, -0.1) is 0 Å². The Labute approximate surface area is 168 Å². The fourth-order valence-electron chi connectivity index (χ4n) is 4.10. The standard InChI is InChI=1S/C22H23N5O2/c28-13-12-26-8-10-27(11-9-26)15-6-7-18-19(14-15)24-21(23-18)20-16-4-2-1-3-5-17(16)25-22(20)29/h1-7,14,28H,8-13H2,(H,23,24)(H,25,29). The van der Waals surface area contributed by atoms with Crippen LogP contribution in [0.1, 0.15) is 0 Å². The van der Waals surface area contributed by atoms with Gasteiger partial charge < -0.3 is 20.0 Å². The first-order chi connectivity index (χ1) is 14.2. The lowest BCUT2D eigenvalue weighted by atomic mass is 10.1. The predicted molar refractivity (Wildman–Crippen MR) is 115 cm³/mol. The van der Waals surface area contributed by atoms with E-state index in [1.165, 1.54) is 0 Å². The summed E-state index contributed by atoms with van der Waals surface area (Å²) < 4.78 is 0. The van der Waals surface area contributed by atoms with E-state index >= 15 is 0 Å². The average molecular weight is 389 g/mol. The fraction of sp³-hybridized carbons (Fsp3) is 0.273. The van der Waals surface area contributed by atoms with Gasteiger partial charge in [0.15, 0.2) is 0 Å². The van der Waals surface area contributed by atoms with E-state index in [2.05, 4.69) is 36.9 Å². The third kappa shape index (κ3) is 3.28. The van der Waals surface area contributed by atoms with E-state index in [0.717, 1.165) is 60.7 Å². The molecule has 3 heterocycles. The van der Waals surface area contributed by atoms with Crippen LogP contribution in [0.15, 0.2) is 53.3 Å². The van der Waals surface area contributed by atoms with Crippen molar-refractivity contribution < 1.29 is 5.11 Å². The Kier molecular flexibility index (Phi) is 4.54. The predicted octanol–water partition coefficient (Wildman–Crippen LogP) is 2.14. The smallest absolute Gasteiger partial charge is 0.260 e. The van der Waals surface area contributed by atoms with Crippen molar-refractivity contribution in [1.82, 2.24) is 19.9 Å². The molecule has 1 saturated heterocycles. The summed E-state index contributed by atoms with van der Waals surface area (Å²) in [6.07, 6.45) is 0. The second-order valence-corrected chi connectivity index (χ2v) is 7.41. The van der Waals surface area contributed by atoms with E-state index in [9.17, 15) is 4.79 Å². The van der Waals surface area contributed by atoms with Gasteiger partial charge in [-0.1, -0.05) is 24.3 Å². The number of aromatic nitrogens is 3. The van der Waals surface area contributed by atoms with Crippen molar-refractivity contribution >= 4 is 16.7 Å². The molecule has 0 atom stereocenters. The Morgan fingerprint density at radius 1 is 1.00 bits per heavy atom. The van der Waals surface area contributed by atoms with Crippen molar-refractivity contribution in [2.45, 2.75) is 0 Å². The van der Waals surface area contributed by atoms with Gasteiger partial charge in [0.1, 0.15) is 5.82 Å². The molecule has 0 radical (unpaired) electrons. The number of nitrogens with one attached hydrogen (secondary N) is 2. The van der Waals surface area contributed by atoms with Gasteiger partial charge in [-0.05, 0) is 24.3 Å². The highest BCUT2D eigenvalue weighted by molar-refractivity contribution is 5.87. The molecule has 3 N–H and O–H groups in total. The van der Waals surface area contributed by atoms with Gasteiger partial charge >= 0.3 is 0 Å². The molecular weight excluding hydrogens is 366 g/mol. The summed E-state index contributed by atoms with van der Waals surface area (Å²) in [6.45, 7) is 4.68. The van der Waals surface area contributed by atoms with Crippen LogP contribution < -0.4 is 10.5 Å². The molecule has 29 heavy (non-hydrogen) atoms. The lowest BCUT2D eigenvalue weighted by Gasteiger charge is -2.35. The van der Waals surface area contributed by atoms with Crippen LogP contribution in [-0.4, -0.2) is 64.3 Å². The maximum atomic E-state index is 12.6. The highest BCUT2D eigenvalue weighted by atomic mass is 16.3. The number of anilines is 1. The minimum absolute atomic E-state index is 0.134. The molecule has 5 rings (SSSR count). The topological polar surface area (TPSA) is 88.2 Å². The van der Waals surface area contributed by atoms with Crippen LogP contribution in [0.4, 0.5) is 5.69 Å². The van der Waals surface area contributed by atoms with Crippen molar-refractivity contribution in [3.63, 3.8) is 0 Å². The SMILES string of the molecule is O=c1[nH]c2cccccc-2c1-c1nc2ccc(N3CCN(CCO)CC3)cc2[nH]1. The van der Waals surface area contributed by atoms with E-state index in [-0.39, 0.29) is 12.2 Å². The van der Waals surface area contributed by atoms with Crippen LogP contribution in [0.2, 0.25) is 0 Å². The molecule has 0 saturated carbocycles. The maximum absolute atomic E-state index is 12.6. The minimum atomic E-state index is -0.134. The average Bonchev–Trinajstić information content (AvgIpc) is 3.20. The van der Waals surface area contributed by atoms with E-state index in [1.54, 1.807) is 0 Å². The summed E-state index contributed by atoms with van der Waals surface area (Å²) in [6, 6.07) is 15.8. The van der Waals surface area contributed by atoms with Crippen LogP contribution in [0.25, 0.3) is 33.7 Å². The summed E-state index contributed by atoms with van der Waals surface area (Å²) in [5.74, 6) is 0.590. The molecule has 2 aliphatic heterocycles. The Hall–Kier alpha value is -3.16. The highest BCUT2D eigenvalue weighted by Gasteiger charge is 2.20. The first kappa shape index (κ1) is 17.9. The zero-order valence-electron chi connectivity index (χ0n) is 16.1. The minimum Gasteiger partial charge on any atom is -0.395 e. The number of aliphatic hydroxyl groups is 1. The van der Waals surface area contributed by atoms with Crippen LogP contribution in [0.5, 0.6) is 0 Å². The van der Waals surface area contributed by atoms with Gasteiger partial charge in [-0.25, -0.2) is 4.98 Å². The van der Waals surface area contributed by atoms with E-state index in [4.69, 9.17) is 5.11 Å². The highest BCUT2D eigenvalue weighted by Crippen LogP contribution is 2.30. The van der Waals surface area contributed by atoms with Gasteiger partial charge in [0.25, 0.3) is 5.56 Å². The molecule has 0 spiro atoms. The molecule has 148 valence electrons. The molecule has 0 unspecified atom stereocenters. The summed E-state index contributed by atoms with van der Waals surface area (Å²) >= 11 is 0. The molecule has 1 aromatic heterocycles. The maximum Gasteiger partial charge on any atom is 0.260 e. The second-order valence-electron chi connectivity index (χ2n) is 7.41. The molecule has 0 bridgehead atoms. The fourth-order valence-corrected chi connectivity index (χ4v) is 4.10. The number of fused-ring (bicyclic) bond motifs is 2. The molecule has 1 aromatic carbocycles. The molecule has 7 nitrogen and oxygen atoms in total. The molecule has 3 aliphatic rings. The second kappa shape index (κ2) is 7.35. The van der Waals surface area contributed by atoms with E-state index < -0.39 is 0 Å². The number of H-pyrrole nitrogens is 2.